The smallest absolute Gasteiger partial charge is 0.253 e. The van der Waals surface area contributed by atoms with Crippen LogP contribution in [0.15, 0.2) is 53.3 Å². The minimum Gasteiger partial charge on any atom is -0.342 e. The van der Waals surface area contributed by atoms with Gasteiger partial charge in [0.1, 0.15) is 5.82 Å². The van der Waals surface area contributed by atoms with Crippen LogP contribution in [0.2, 0.25) is 0 Å². The number of thiocarbonyl (C=S) groups is 1. The highest BCUT2D eigenvalue weighted by Crippen LogP contribution is 2.26. The predicted molar refractivity (Wildman–Crippen MR) is 124 cm³/mol. The number of hydrogen-bond donors (Lipinski definition) is 2. The summed E-state index contributed by atoms with van der Waals surface area (Å²) in [4.78, 5) is 17.9. The quantitative estimate of drug-likeness (QED) is 0.542. The minimum atomic E-state index is -0.284. The fourth-order valence-electron chi connectivity index (χ4n) is 4.13. The Morgan fingerprint density at radius 1 is 1.17 bits per heavy atom. The Labute approximate surface area is 181 Å². The second-order valence-electron chi connectivity index (χ2n) is 7.90. The van der Waals surface area contributed by atoms with Gasteiger partial charge in [0.25, 0.3) is 5.56 Å². The van der Waals surface area contributed by atoms with E-state index in [-0.39, 0.29) is 11.4 Å². The van der Waals surface area contributed by atoms with E-state index in [1.807, 2.05) is 18.2 Å². The Morgan fingerprint density at radius 2 is 1.90 bits per heavy atom. The molecule has 156 valence electrons. The van der Waals surface area contributed by atoms with Gasteiger partial charge in [-0.25, -0.2) is 4.39 Å². The molecule has 1 aliphatic carbocycles. The summed E-state index contributed by atoms with van der Waals surface area (Å²) in [5.74, 6) is -0.284. The molecule has 4 rings (SSSR count). The third kappa shape index (κ3) is 4.54. The van der Waals surface area contributed by atoms with Crippen LogP contribution in [0.5, 0.6) is 0 Å². The van der Waals surface area contributed by atoms with E-state index in [9.17, 15) is 9.18 Å². The van der Waals surface area contributed by atoms with Gasteiger partial charge < -0.3 is 15.2 Å². The number of rotatable bonds is 5. The molecule has 1 aliphatic rings. The predicted octanol–water partition coefficient (Wildman–Crippen LogP) is 5.37. The van der Waals surface area contributed by atoms with Gasteiger partial charge in [0, 0.05) is 22.8 Å². The number of hydrogen-bond acceptors (Lipinski definition) is 2. The van der Waals surface area contributed by atoms with Crippen molar-refractivity contribution in [2.24, 2.45) is 0 Å². The van der Waals surface area contributed by atoms with Crippen LogP contribution in [0.3, 0.4) is 0 Å². The Hall–Kier alpha value is -2.73. The third-order valence-corrected chi connectivity index (χ3v) is 6.19. The first-order chi connectivity index (χ1) is 14.5. The number of nitrogens with one attached hydrogen (secondary N) is 2. The van der Waals surface area contributed by atoms with Gasteiger partial charge in [-0.2, -0.15) is 0 Å². The van der Waals surface area contributed by atoms with Crippen molar-refractivity contribution in [1.82, 2.24) is 9.88 Å². The molecule has 1 heterocycles. The van der Waals surface area contributed by atoms with Crippen LogP contribution in [0.4, 0.5) is 10.1 Å². The second-order valence-corrected chi connectivity index (χ2v) is 8.29. The molecular formula is C24H26FN3OS. The highest BCUT2D eigenvalue weighted by atomic mass is 32.1. The Morgan fingerprint density at radius 3 is 2.60 bits per heavy atom. The van der Waals surface area contributed by atoms with Gasteiger partial charge in [0.05, 0.1) is 6.54 Å². The topological polar surface area (TPSA) is 48.1 Å². The number of pyridine rings is 1. The van der Waals surface area contributed by atoms with E-state index >= 15 is 0 Å². The van der Waals surface area contributed by atoms with Gasteiger partial charge in [0.2, 0.25) is 0 Å². The molecule has 2 aromatic carbocycles. The third-order valence-electron chi connectivity index (χ3n) is 5.86. The summed E-state index contributed by atoms with van der Waals surface area (Å²) in [5.41, 5.74) is 3.44. The molecule has 4 nitrogen and oxygen atoms in total. The Kier molecular flexibility index (Phi) is 6.13. The van der Waals surface area contributed by atoms with Crippen LogP contribution >= 0.6 is 12.2 Å². The van der Waals surface area contributed by atoms with Crippen molar-refractivity contribution in [1.29, 1.82) is 0 Å². The van der Waals surface area contributed by atoms with Crippen molar-refractivity contribution in [3.63, 3.8) is 0 Å². The van der Waals surface area contributed by atoms with E-state index in [2.05, 4.69) is 28.2 Å². The largest absolute Gasteiger partial charge is 0.342 e. The van der Waals surface area contributed by atoms with Crippen LogP contribution < -0.4 is 10.9 Å². The number of aryl methyl sites for hydroxylation is 1. The monoisotopic (exact) mass is 423 g/mol. The normalized spacial score (nSPS) is 14.2. The van der Waals surface area contributed by atoms with Gasteiger partial charge >= 0.3 is 0 Å². The van der Waals surface area contributed by atoms with Gasteiger partial charge in [0.15, 0.2) is 5.11 Å². The number of benzene rings is 2. The van der Waals surface area contributed by atoms with E-state index in [0.29, 0.717) is 23.3 Å². The summed E-state index contributed by atoms with van der Waals surface area (Å²) < 4.78 is 13.2. The van der Waals surface area contributed by atoms with Crippen LogP contribution in [0.1, 0.15) is 43.7 Å². The molecule has 1 fully saturated rings. The van der Waals surface area contributed by atoms with Crippen LogP contribution in [0.25, 0.3) is 10.9 Å². The fourth-order valence-corrected chi connectivity index (χ4v) is 4.46. The zero-order chi connectivity index (χ0) is 21.1. The molecule has 2 N–H and O–H groups in total. The van der Waals surface area contributed by atoms with Crippen LogP contribution in [-0.4, -0.2) is 21.0 Å². The summed E-state index contributed by atoms with van der Waals surface area (Å²) >= 11 is 5.71. The molecule has 0 aliphatic heterocycles. The summed E-state index contributed by atoms with van der Waals surface area (Å²) in [6.45, 7) is 2.56. The molecule has 0 bridgehead atoms. The zero-order valence-electron chi connectivity index (χ0n) is 17.1. The Balaban J connectivity index is 1.63. The van der Waals surface area contributed by atoms with Crippen LogP contribution in [-0.2, 0) is 13.0 Å². The molecule has 0 unspecified atom stereocenters. The lowest BCUT2D eigenvalue weighted by Gasteiger charge is -2.31. The number of H-pyrrole nitrogens is 1. The van der Waals surface area contributed by atoms with Crippen molar-refractivity contribution in [3.05, 3.63) is 75.8 Å². The molecule has 30 heavy (non-hydrogen) atoms. The van der Waals surface area contributed by atoms with E-state index in [0.717, 1.165) is 48.7 Å². The molecular weight excluding hydrogens is 397 g/mol. The number of aromatic nitrogens is 1. The molecule has 1 aromatic heterocycles. The minimum absolute atomic E-state index is 0.0840. The average molecular weight is 424 g/mol. The van der Waals surface area contributed by atoms with Gasteiger partial charge in [-0.1, -0.05) is 25.8 Å². The van der Waals surface area contributed by atoms with Crippen molar-refractivity contribution in [2.45, 2.75) is 51.6 Å². The van der Waals surface area contributed by atoms with Crippen molar-refractivity contribution in [3.8, 4) is 0 Å². The first kappa shape index (κ1) is 20.5. The Bertz CT molecular complexity index is 1100. The van der Waals surface area contributed by atoms with Gasteiger partial charge in [-0.05, 0) is 84.9 Å². The number of nitrogens with zero attached hydrogens (tertiary/aromatic N) is 1. The molecule has 3 aromatic rings. The molecule has 0 amide bonds. The summed E-state index contributed by atoms with van der Waals surface area (Å²) in [6, 6.07) is 14.6. The van der Waals surface area contributed by atoms with Crippen molar-refractivity contribution < 1.29 is 4.39 Å². The van der Waals surface area contributed by atoms with Crippen LogP contribution in [0, 0.1) is 5.82 Å². The van der Waals surface area contributed by atoms with Crippen molar-refractivity contribution >= 4 is 33.9 Å². The van der Waals surface area contributed by atoms with Gasteiger partial charge in [-0.15, -0.1) is 0 Å². The molecule has 0 spiro atoms. The lowest BCUT2D eigenvalue weighted by molar-refractivity contribution is 0.311. The van der Waals surface area contributed by atoms with E-state index in [1.54, 1.807) is 12.1 Å². The zero-order valence-corrected chi connectivity index (χ0v) is 17.9. The number of fused-ring (bicyclic) bond motifs is 1. The van der Waals surface area contributed by atoms with E-state index in [4.69, 9.17) is 12.2 Å². The lowest BCUT2D eigenvalue weighted by atomic mass is 10.1. The number of halogens is 1. The fraction of sp³-hybridized carbons (Fsp3) is 0.333. The summed E-state index contributed by atoms with van der Waals surface area (Å²) in [7, 11) is 0. The maximum atomic E-state index is 13.2. The first-order valence-corrected chi connectivity index (χ1v) is 10.9. The second kappa shape index (κ2) is 8.96. The van der Waals surface area contributed by atoms with E-state index < -0.39 is 0 Å². The highest BCUT2D eigenvalue weighted by Gasteiger charge is 2.25. The number of aromatic amines is 1. The number of anilines is 1. The molecule has 6 heteroatoms. The van der Waals surface area contributed by atoms with Gasteiger partial charge in [-0.3, -0.25) is 4.79 Å². The standard InChI is InChI=1S/C24H26FN3OS/c1-2-16-7-12-22-17(13-16)14-18(23(29)27-22)15-28(21-5-3-4-6-21)24(30)26-20-10-8-19(25)9-11-20/h7-14,21H,2-6,15H2,1H3,(H,26,30)(H,27,29). The van der Waals surface area contributed by atoms with Crippen molar-refractivity contribution in [2.75, 3.05) is 5.32 Å². The molecule has 0 radical (unpaired) electrons. The molecule has 0 saturated heterocycles. The van der Waals surface area contributed by atoms with E-state index in [1.165, 1.54) is 17.7 Å². The SMILES string of the molecule is CCc1ccc2[nH]c(=O)c(CN(C(=S)Nc3ccc(F)cc3)C3CCCC3)cc2c1. The summed E-state index contributed by atoms with van der Waals surface area (Å²) in [6.07, 6.45) is 5.38. The first-order valence-electron chi connectivity index (χ1n) is 10.5. The maximum Gasteiger partial charge on any atom is 0.253 e. The molecule has 0 atom stereocenters. The maximum absolute atomic E-state index is 13.2. The lowest BCUT2D eigenvalue weighted by Crippen LogP contribution is -2.42. The average Bonchev–Trinajstić information content (AvgIpc) is 3.28. The molecule has 1 saturated carbocycles. The summed E-state index contributed by atoms with van der Waals surface area (Å²) in [5, 5.41) is 4.82. The highest BCUT2D eigenvalue weighted by molar-refractivity contribution is 7.80.